The minimum atomic E-state index is -4.59. The quantitative estimate of drug-likeness (QED) is 0.110. The number of amides is 3. The van der Waals surface area contributed by atoms with Crippen molar-refractivity contribution in [1.29, 1.82) is 0 Å². The van der Waals surface area contributed by atoms with Crippen LogP contribution in [0, 0.1) is 5.92 Å². The van der Waals surface area contributed by atoms with Crippen molar-refractivity contribution in [3.8, 4) is 0 Å². The molecule has 0 bridgehead atoms. The minimum Gasteiger partial charge on any atom is -0.748 e. The Labute approximate surface area is 178 Å². The third kappa shape index (κ3) is 6.54. The molecule has 0 aliphatic carbocycles. The van der Waals surface area contributed by atoms with E-state index in [1.54, 1.807) is 4.90 Å². The molecular formula is C15H18N3NaO7S. The first kappa shape index (κ1) is 23.5. The second-order valence-electron chi connectivity index (χ2n) is 6.02. The molecule has 0 radical (unpaired) electrons. The number of imide groups is 1. The SMILES string of the molecule is NC(=O)CN1CCCC1=CC=C1C(=O)NC(=O)C(CCS(=O)(=O)[O-])C1=O.[Na+]. The molecule has 2 heterocycles. The first-order valence-corrected chi connectivity index (χ1v) is 9.43. The maximum Gasteiger partial charge on any atom is 1.00 e. The number of piperidine rings is 1. The van der Waals surface area contributed by atoms with Crippen molar-refractivity contribution in [3.05, 3.63) is 23.4 Å². The Bertz CT molecular complexity index is 819. The van der Waals surface area contributed by atoms with Gasteiger partial charge in [-0.1, -0.05) is 0 Å². The number of carbonyl (C=O) groups is 4. The van der Waals surface area contributed by atoms with E-state index in [-0.39, 0.29) is 41.7 Å². The molecule has 2 saturated heterocycles. The zero-order valence-electron chi connectivity index (χ0n) is 14.8. The predicted molar refractivity (Wildman–Crippen MR) is 87.0 cm³/mol. The van der Waals surface area contributed by atoms with Crippen molar-refractivity contribution < 1.29 is 61.7 Å². The molecule has 2 rings (SSSR count). The summed E-state index contributed by atoms with van der Waals surface area (Å²) in [5.74, 6) is -5.46. The Hall–Kier alpha value is -1.53. The van der Waals surface area contributed by atoms with Crippen molar-refractivity contribution in [2.24, 2.45) is 11.7 Å². The van der Waals surface area contributed by atoms with E-state index in [1.807, 2.05) is 5.32 Å². The molecule has 1 unspecified atom stereocenters. The van der Waals surface area contributed by atoms with E-state index in [9.17, 15) is 32.1 Å². The molecule has 10 nitrogen and oxygen atoms in total. The fourth-order valence-corrected chi connectivity index (χ4v) is 3.38. The summed E-state index contributed by atoms with van der Waals surface area (Å²) < 4.78 is 32.2. The number of Topliss-reactive ketones (excluding diaryl/α,β-unsaturated/α-hetero) is 1. The summed E-state index contributed by atoms with van der Waals surface area (Å²) in [6, 6.07) is 0. The second kappa shape index (κ2) is 9.60. The van der Waals surface area contributed by atoms with Gasteiger partial charge in [-0.15, -0.1) is 0 Å². The van der Waals surface area contributed by atoms with E-state index in [0.29, 0.717) is 18.7 Å². The number of nitrogens with one attached hydrogen (secondary N) is 1. The molecule has 1 atom stereocenters. The van der Waals surface area contributed by atoms with Gasteiger partial charge in [-0.25, -0.2) is 8.42 Å². The fourth-order valence-electron chi connectivity index (χ4n) is 2.86. The van der Waals surface area contributed by atoms with Gasteiger partial charge in [0.1, 0.15) is 5.92 Å². The smallest absolute Gasteiger partial charge is 0.748 e. The van der Waals surface area contributed by atoms with Crippen LogP contribution in [0.2, 0.25) is 0 Å². The molecule has 0 saturated carbocycles. The van der Waals surface area contributed by atoms with E-state index >= 15 is 0 Å². The molecule has 27 heavy (non-hydrogen) atoms. The van der Waals surface area contributed by atoms with Crippen LogP contribution in [-0.4, -0.2) is 60.2 Å². The zero-order chi connectivity index (χ0) is 19.5. The number of hydrogen-bond acceptors (Lipinski definition) is 8. The van der Waals surface area contributed by atoms with Crippen molar-refractivity contribution >= 4 is 33.6 Å². The molecule has 2 aliphatic heterocycles. The number of nitrogens with zero attached hydrogens (tertiary/aromatic N) is 1. The van der Waals surface area contributed by atoms with Crippen LogP contribution in [0.3, 0.4) is 0 Å². The number of nitrogens with two attached hydrogens (primary N) is 1. The molecule has 2 aliphatic rings. The van der Waals surface area contributed by atoms with Gasteiger partial charge in [0.15, 0.2) is 5.78 Å². The molecule has 142 valence electrons. The van der Waals surface area contributed by atoms with Gasteiger partial charge in [0.2, 0.25) is 11.8 Å². The van der Waals surface area contributed by atoms with Crippen LogP contribution in [0.15, 0.2) is 23.4 Å². The Morgan fingerprint density at radius 2 is 1.96 bits per heavy atom. The van der Waals surface area contributed by atoms with E-state index in [4.69, 9.17) is 5.73 Å². The summed E-state index contributed by atoms with van der Waals surface area (Å²) in [6.45, 7) is 0.623. The Balaban J connectivity index is 0.00000364. The van der Waals surface area contributed by atoms with Gasteiger partial charge in [0.05, 0.1) is 22.2 Å². The number of likely N-dealkylation sites (tertiary alicyclic amines) is 1. The Morgan fingerprint density at radius 1 is 1.30 bits per heavy atom. The number of ketones is 1. The summed E-state index contributed by atoms with van der Waals surface area (Å²) >= 11 is 0. The first-order valence-electron chi connectivity index (χ1n) is 7.85. The molecule has 2 fully saturated rings. The standard InChI is InChI=1S/C15H19N3O7S.Na/c16-12(19)8-18-6-1-2-9(18)3-4-10-13(20)11(5-7-26(23,24)25)15(22)17-14(10)21;/h3-4,11H,1-2,5-8H2,(H2,16,19)(H,17,21,22)(H,23,24,25);/q;+1/p-1. The third-order valence-electron chi connectivity index (χ3n) is 4.09. The third-order valence-corrected chi connectivity index (χ3v) is 4.83. The van der Waals surface area contributed by atoms with Gasteiger partial charge in [-0.05, 0) is 31.4 Å². The van der Waals surface area contributed by atoms with Crippen LogP contribution >= 0.6 is 0 Å². The molecule has 3 N–H and O–H groups in total. The second-order valence-corrected chi connectivity index (χ2v) is 7.54. The number of hydrogen-bond donors (Lipinski definition) is 2. The van der Waals surface area contributed by atoms with Crippen LogP contribution in [0.5, 0.6) is 0 Å². The maximum atomic E-state index is 12.4. The summed E-state index contributed by atoms with van der Waals surface area (Å²) in [5.41, 5.74) is 5.57. The fraction of sp³-hybridized carbons (Fsp3) is 0.467. The van der Waals surface area contributed by atoms with E-state index in [2.05, 4.69) is 0 Å². The van der Waals surface area contributed by atoms with Crippen LogP contribution in [0.25, 0.3) is 0 Å². The molecule has 3 amide bonds. The molecule has 0 aromatic heterocycles. The van der Waals surface area contributed by atoms with Gasteiger partial charge < -0.3 is 15.2 Å². The van der Waals surface area contributed by atoms with E-state index < -0.39 is 51.7 Å². The van der Waals surface area contributed by atoms with Crippen molar-refractivity contribution in [3.63, 3.8) is 0 Å². The normalized spacial score (nSPS) is 23.5. The summed E-state index contributed by atoms with van der Waals surface area (Å²) in [7, 11) is -4.59. The number of allylic oxidation sites excluding steroid dienone is 3. The zero-order valence-corrected chi connectivity index (χ0v) is 17.6. The van der Waals surface area contributed by atoms with Gasteiger partial charge >= 0.3 is 29.6 Å². The van der Waals surface area contributed by atoms with Crippen LogP contribution in [-0.2, 0) is 29.3 Å². The number of carbonyl (C=O) groups excluding carboxylic acids is 4. The Kier molecular flexibility index (Phi) is 8.36. The summed E-state index contributed by atoms with van der Waals surface area (Å²) in [6.07, 6.45) is 3.65. The van der Waals surface area contributed by atoms with Gasteiger partial charge in [0.25, 0.3) is 5.91 Å². The molecular weight excluding hydrogens is 389 g/mol. The van der Waals surface area contributed by atoms with Crippen molar-refractivity contribution in [1.82, 2.24) is 10.2 Å². The van der Waals surface area contributed by atoms with Crippen LogP contribution in [0.1, 0.15) is 19.3 Å². The van der Waals surface area contributed by atoms with Crippen LogP contribution < -0.4 is 40.6 Å². The maximum absolute atomic E-state index is 12.4. The monoisotopic (exact) mass is 407 g/mol. The van der Waals surface area contributed by atoms with Gasteiger partial charge in [-0.3, -0.25) is 24.5 Å². The topological polar surface area (TPSA) is 167 Å². The molecule has 0 spiro atoms. The van der Waals surface area contributed by atoms with Crippen molar-refractivity contribution in [2.45, 2.75) is 19.3 Å². The van der Waals surface area contributed by atoms with Gasteiger partial charge in [-0.2, -0.15) is 0 Å². The Morgan fingerprint density at radius 3 is 2.56 bits per heavy atom. The average Bonchev–Trinajstić information content (AvgIpc) is 2.91. The minimum absolute atomic E-state index is 0. The van der Waals surface area contributed by atoms with Gasteiger partial charge in [0, 0.05) is 18.0 Å². The first-order chi connectivity index (χ1) is 12.1. The average molecular weight is 407 g/mol. The number of rotatable bonds is 6. The molecule has 0 aromatic carbocycles. The van der Waals surface area contributed by atoms with Crippen LogP contribution in [0.4, 0.5) is 0 Å². The van der Waals surface area contributed by atoms with E-state index in [0.717, 1.165) is 6.42 Å². The predicted octanol–water partition coefficient (Wildman–Crippen LogP) is -4.84. The largest absolute Gasteiger partial charge is 1.00 e. The number of primary amides is 1. The van der Waals surface area contributed by atoms with E-state index in [1.165, 1.54) is 12.2 Å². The summed E-state index contributed by atoms with van der Waals surface area (Å²) in [5, 5.41) is 1.98. The summed E-state index contributed by atoms with van der Waals surface area (Å²) in [4.78, 5) is 48.8. The molecule has 0 aromatic rings. The molecule has 12 heteroatoms. The van der Waals surface area contributed by atoms with Crippen molar-refractivity contribution in [2.75, 3.05) is 18.8 Å².